The van der Waals surface area contributed by atoms with Crippen molar-refractivity contribution in [2.45, 2.75) is 12.7 Å². The Balaban J connectivity index is 2.30. The minimum absolute atomic E-state index is 0.0935. The molecular weight excluding hydrogens is 285 g/mol. The van der Waals surface area contributed by atoms with Crippen LogP contribution >= 0.6 is 0 Å². The van der Waals surface area contributed by atoms with Gasteiger partial charge in [-0.25, -0.2) is 10.8 Å². The van der Waals surface area contributed by atoms with Crippen molar-refractivity contribution in [2.75, 3.05) is 17.4 Å². The highest BCUT2D eigenvalue weighted by atomic mass is 19.4. The van der Waals surface area contributed by atoms with Gasteiger partial charge in [-0.2, -0.15) is 18.2 Å². The second-order valence-electron chi connectivity index (χ2n) is 4.25. The fourth-order valence-corrected chi connectivity index (χ4v) is 1.66. The summed E-state index contributed by atoms with van der Waals surface area (Å²) in [6, 6.07) is 6.19. The predicted octanol–water partition coefficient (Wildman–Crippen LogP) is 1.81. The number of hydrazine groups is 1. The molecule has 0 saturated carbocycles. The highest BCUT2D eigenvalue weighted by Gasteiger charge is 2.34. The first-order valence-corrected chi connectivity index (χ1v) is 5.94. The van der Waals surface area contributed by atoms with Gasteiger partial charge < -0.3 is 4.90 Å². The van der Waals surface area contributed by atoms with Crippen molar-refractivity contribution in [1.29, 1.82) is 0 Å². The second-order valence-corrected chi connectivity index (χ2v) is 4.25. The molecule has 0 unspecified atom stereocenters. The summed E-state index contributed by atoms with van der Waals surface area (Å²) in [6.07, 6.45) is -2.97. The van der Waals surface area contributed by atoms with Gasteiger partial charge in [0.2, 0.25) is 5.95 Å². The number of nitrogens with two attached hydrogens (primary N) is 1. The minimum atomic E-state index is -4.57. The molecule has 2 aromatic rings. The Morgan fingerprint density at radius 3 is 2.62 bits per heavy atom. The normalized spacial score (nSPS) is 11.3. The molecule has 2 rings (SSSR count). The molecule has 0 saturated heterocycles. The number of pyridine rings is 1. The molecule has 0 atom stereocenters. The zero-order chi connectivity index (χ0) is 15.5. The van der Waals surface area contributed by atoms with Crippen LogP contribution in [-0.2, 0) is 12.7 Å². The van der Waals surface area contributed by atoms with Crippen LogP contribution in [0.5, 0.6) is 0 Å². The molecule has 0 amide bonds. The van der Waals surface area contributed by atoms with Crippen molar-refractivity contribution in [3.63, 3.8) is 0 Å². The summed E-state index contributed by atoms with van der Waals surface area (Å²) >= 11 is 0. The van der Waals surface area contributed by atoms with Crippen LogP contribution in [0.25, 0.3) is 0 Å². The monoisotopic (exact) mass is 298 g/mol. The molecule has 0 aliphatic carbocycles. The van der Waals surface area contributed by atoms with Gasteiger partial charge in [0, 0.05) is 19.3 Å². The number of aromatic nitrogens is 3. The van der Waals surface area contributed by atoms with E-state index in [0.717, 1.165) is 6.07 Å². The van der Waals surface area contributed by atoms with Gasteiger partial charge >= 0.3 is 6.18 Å². The maximum absolute atomic E-state index is 12.8. The van der Waals surface area contributed by atoms with E-state index in [2.05, 4.69) is 15.0 Å². The van der Waals surface area contributed by atoms with Crippen molar-refractivity contribution in [3.8, 4) is 0 Å². The smallest absolute Gasteiger partial charge is 0.354 e. The first kappa shape index (κ1) is 15.0. The number of anilines is 2. The number of rotatable bonds is 4. The van der Waals surface area contributed by atoms with Crippen molar-refractivity contribution in [3.05, 3.63) is 41.9 Å². The number of nitrogen functional groups attached to an aromatic ring is 1. The summed E-state index contributed by atoms with van der Waals surface area (Å²) in [4.78, 5) is 12.8. The van der Waals surface area contributed by atoms with E-state index in [1.807, 2.05) is 5.43 Å². The van der Waals surface area contributed by atoms with Gasteiger partial charge in [0.05, 0.1) is 12.2 Å². The fraction of sp³-hybridized carbons (Fsp3) is 0.250. The summed E-state index contributed by atoms with van der Waals surface area (Å²) in [6.45, 7) is 0.305. The largest absolute Gasteiger partial charge is 0.433 e. The second kappa shape index (κ2) is 5.92. The molecule has 0 aliphatic heterocycles. The Hall–Kier alpha value is -2.42. The van der Waals surface area contributed by atoms with Gasteiger partial charge in [-0.3, -0.25) is 10.4 Å². The molecule has 21 heavy (non-hydrogen) atoms. The number of nitrogens with zero attached hydrogens (tertiary/aromatic N) is 4. The van der Waals surface area contributed by atoms with E-state index < -0.39 is 11.9 Å². The van der Waals surface area contributed by atoms with E-state index in [4.69, 9.17) is 5.84 Å². The third-order valence-corrected chi connectivity index (χ3v) is 2.65. The lowest BCUT2D eigenvalue weighted by Gasteiger charge is -2.19. The van der Waals surface area contributed by atoms with Crippen LogP contribution in [-0.4, -0.2) is 22.0 Å². The van der Waals surface area contributed by atoms with E-state index in [1.54, 1.807) is 31.4 Å². The average molecular weight is 298 g/mol. The van der Waals surface area contributed by atoms with Crippen LogP contribution in [0.1, 0.15) is 11.4 Å². The molecule has 0 aromatic carbocycles. The average Bonchev–Trinajstić information content (AvgIpc) is 2.46. The zero-order valence-electron chi connectivity index (χ0n) is 11.1. The van der Waals surface area contributed by atoms with Crippen LogP contribution in [0.2, 0.25) is 0 Å². The maximum Gasteiger partial charge on any atom is 0.433 e. The number of hydrogen-bond acceptors (Lipinski definition) is 6. The molecule has 9 heteroatoms. The lowest BCUT2D eigenvalue weighted by atomic mass is 10.3. The van der Waals surface area contributed by atoms with Crippen LogP contribution < -0.4 is 16.2 Å². The molecule has 0 aliphatic rings. The SMILES string of the molecule is CN(Cc1ccccn1)c1cc(C(F)(F)F)nc(NN)n1. The third-order valence-electron chi connectivity index (χ3n) is 2.65. The Morgan fingerprint density at radius 2 is 2.05 bits per heavy atom. The van der Waals surface area contributed by atoms with Crippen molar-refractivity contribution in [2.24, 2.45) is 5.84 Å². The molecule has 0 spiro atoms. The van der Waals surface area contributed by atoms with Crippen LogP contribution in [0.4, 0.5) is 24.9 Å². The van der Waals surface area contributed by atoms with Gasteiger partial charge in [-0.1, -0.05) is 6.07 Å². The van der Waals surface area contributed by atoms with E-state index in [9.17, 15) is 13.2 Å². The van der Waals surface area contributed by atoms with Gasteiger partial charge in [0.1, 0.15) is 5.82 Å². The minimum Gasteiger partial charge on any atom is -0.354 e. The van der Waals surface area contributed by atoms with Gasteiger partial charge in [0.25, 0.3) is 0 Å². The Bertz CT molecular complexity index is 602. The van der Waals surface area contributed by atoms with Crippen molar-refractivity contribution in [1.82, 2.24) is 15.0 Å². The zero-order valence-corrected chi connectivity index (χ0v) is 11.1. The van der Waals surface area contributed by atoms with Gasteiger partial charge in [-0.15, -0.1) is 0 Å². The Morgan fingerprint density at radius 1 is 1.29 bits per heavy atom. The van der Waals surface area contributed by atoms with Gasteiger partial charge in [0.15, 0.2) is 5.69 Å². The molecule has 0 fully saturated rings. The van der Waals surface area contributed by atoms with E-state index in [-0.39, 0.29) is 11.8 Å². The third kappa shape index (κ3) is 3.78. The van der Waals surface area contributed by atoms with Crippen LogP contribution in [0, 0.1) is 0 Å². The van der Waals surface area contributed by atoms with Gasteiger partial charge in [-0.05, 0) is 12.1 Å². The molecule has 6 nitrogen and oxygen atoms in total. The summed E-state index contributed by atoms with van der Waals surface area (Å²) in [7, 11) is 1.61. The summed E-state index contributed by atoms with van der Waals surface area (Å²) in [5.74, 6) is 4.91. The maximum atomic E-state index is 12.8. The molecule has 0 bridgehead atoms. The Labute approximate surface area is 118 Å². The summed E-state index contributed by atoms with van der Waals surface area (Å²) < 4.78 is 38.4. The lowest BCUT2D eigenvalue weighted by Crippen LogP contribution is -2.22. The molecule has 112 valence electrons. The molecule has 3 N–H and O–H groups in total. The summed E-state index contributed by atoms with van der Waals surface area (Å²) in [5, 5.41) is 0. The Kier molecular flexibility index (Phi) is 4.22. The van der Waals surface area contributed by atoms with E-state index in [1.165, 1.54) is 4.90 Å². The molecular formula is C12H13F3N6. The van der Waals surface area contributed by atoms with Crippen LogP contribution in [0.3, 0.4) is 0 Å². The fourth-order valence-electron chi connectivity index (χ4n) is 1.66. The number of hydrogen-bond donors (Lipinski definition) is 2. The number of nitrogens with one attached hydrogen (secondary N) is 1. The highest BCUT2D eigenvalue weighted by molar-refractivity contribution is 5.44. The molecule has 2 heterocycles. The number of halogens is 3. The van der Waals surface area contributed by atoms with Crippen LogP contribution in [0.15, 0.2) is 30.5 Å². The first-order valence-electron chi connectivity index (χ1n) is 5.94. The molecule has 2 aromatic heterocycles. The van der Waals surface area contributed by atoms with Crippen molar-refractivity contribution < 1.29 is 13.2 Å². The molecule has 0 radical (unpaired) electrons. The van der Waals surface area contributed by atoms with E-state index in [0.29, 0.717) is 12.2 Å². The standard InChI is InChI=1S/C12H13F3N6/c1-21(7-8-4-2-3-5-17-8)10-6-9(12(13,14)15)18-11(19-10)20-16/h2-6H,7,16H2,1H3,(H,18,19,20). The quantitative estimate of drug-likeness (QED) is 0.662. The first-order chi connectivity index (χ1) is 9.90. The highest BCUT2D eigenvalue weighted by Crippen LogP contribution is 2.30. The topological polar surface area (TPSA) is 80.0 Å². The number of alkyl halides is 3. The summed E-state index contributed by atoms with van der Waals surface area (Å²) in [5.41, 5.74) is 1.68. The predicted molar refractivity (Wildman–Crippen MR) is 71.2 cm³/mol. The van der Waals surface area contributed by atoms with E-state index >= 15 is 0 Å². The lowest BCUT2D eigenvalue weighted by molar-refractivity contribution is -0.141. The van der Waals surface area contributed by atoms with Crippen molar-refractivity contribution >= 4 is 11.8 Å².